The van der Waals surface area contributed by atoms with Crippen molar-refractivity contribution in [3.05, 3.63) is 18.3 Å². The van der Waals surface area contributed by atoms with E-state index in [2.05, 4.69) is 10.3 Å². The fourth-order valence-corrected chi connectivity index (χ4v) is 3.52. The van der Waals surface area contributed by atoms with Gasteiger partial charge in [0.05, 0.1) is 11.9 Å². The summed E-state index contributed by atoms with van der Waals surface area (Å²) >= 11 is 0. The van der Waals surface area contributed by atoms with Crippen LogP contribution in [0.2, 0.25) is 0 Å². The van der Waals surface area contributed by atoms with Crippen LogP contribution < -0.4 is 10.2 Å². The number of pyridine rings is 1. The van der Waals surface area contributed by atoms with Gasteiger partial charge < -0.3 is 10.2 Å². The van der Waals surface area contributed by atoms with Crippen LogP contribution in [0.5, 0.6) is 0 Å². The summed E-state index contributed by atoms with van der Waals surface area (Å²) in [4.78, 5) is 32.5. The van der Waals surface area contributed by atoms with E-state index >= 15 is 0 Å². The molecule has 1 aromatic rings. The van der Waals surface area contributed by atoms with Crippen LogP contribution in [-0.4, -0.2) is 41.0 Å². The third kappa shape index (κ3) is 3.68. The van der Waals surface area contributed by atoms with Crippen LogP contribution in [0.25, 0.3) is 0 Å². The summed E-state index contributed by atoms with van der Waals surface area (Å²) in [7, 11) is 0. The molecule has 2 aliphatic rings. The fraction of sp³-hybridized carbons (Fsp3) is 0.611. The van der Waals surface area contributed by atoms with E-state index in [1.807, 2.05) is 24.8 Å². The minimum Gasteiger partial charge on any atom is -0.325 e. The van der Waals surface area contributed by atoms with Crippen molar-refractivity contribution in [3.63, 3.8) is 0 Å². The molecule has 6 heteroatoms. The molecule has 24 heavy (non-hydrogen) atoms. The molecule has 0 spiro atoms. The normalized spacial score (nSPS) is 18.7. The molecule has 1 aliphatic heterocycles. The van der Waals surface area contributed by atoms with Gasteiger partial charge in [0, 0.05) is 25.6 Å². The molecule has 3 rings (SSSR count). The summed E-state index contributed by atoms with van der Waals surface area (Å²) in [6.45, 7) is 5.48. The van der Waals surface area contributed by atoms with Gasteiger partial charge in [0.25, 0.3) is 0 Å². The van der Waals surface area contributed by atoms with E-state index in [-0.39, 0.29) is 11.9 Å². The van der Waals surface area contributed by atoms with Crippen molar-refractivity contribution >= 4 is 23.4 Å². The monoisotopic (exact) mass is 330 g/mol. The Labute approximate surface area is 143 Å². The summed E-state index contributed by atoms with van der Waals surface area (Å²) in [6, 6.07) is 4.08. The van der Waals surface area contributed by atoms with Crippen LogP contribution in [0.4, 0.5) is 16.3 Å². The lowest BCUT2D eigenvalue weighted by atomic mass is 10.1. The van der Waals surface area contributed by atoms with Gasteiger partial charge >= 0.3 is 6.03 Å². The minimum atomic E-state index is -0.00999. The van der Waals surface area contributed by atoms with Gasteiger partial charge in [-0.25, -0.2) is 9.78 Å². The zero-order chi connectivity index (χ0) is 17.1. The predicted molar refractivity (Wildman–Crippen MR) is 94.0 cm³/mol. The highest BCUT2D eigenvalue weighted by atomic mass is 16.2. The average Bonchev–Trinajstić information content (AvgIpc) is 3.16. The van der Waals surface area contributed by atoms with Crippen molar-refractivity contribution in [3.8, 4) is 0 Å². The lowest BCUT2D eigenvalue weighted by Crippen LogP contribution is -2.38. The molecule has 1 aliphatic carbocycles. The number of hydrogen-bond acceptors (Lipinski definition) is 3. The smallest absolute Gasteiger partial charge is 0.325 e. The van der Waals surface area contributed by atoms with Crippen molar-refractivity contribution in [1.82, 2.24) is 9.88 Å². The number of aromatic nitrogens is 1. The molecule has 2 heterocycles. The van der Waals surface area contributed by atoms with Crippen molar-refractivity contribution in [2.45, 2.75) is 52.0 Å². The number of nitrogens with one attached hydrogen (secondary N) is 1. The summed E-state index contributed by atoms with van der Waals surface area (Å²) in [5.74, 6) is 0.965. The van der Waals surface area contributed by atoms with E-state index in [9.17, 15) is 9.59 Å². The average molecular weight is 330 g/mol. The van der Waals surface area contributed by atoms with Gasteiger partial charge in [-0.3, -0.25) is 9.69 Å². The molecule has 0 atom stereocenters. The number of amides is 3. The molecule has 1 saturated carbocycles. The molecule has 1 aromatic heterocycles. The van der Waals surface area contributed by atoms with E-state index in [1.54, 1.807) is 17.2 Å². The Morgan fingerprint density at radius 1 is 1.29 bits per heavy atom. The summed E-state index contributed by atoms with van der Waals surface area (Å²) in [6.07, 6.45) is 6.79. The Hall–Kier alpha value is -2.11. The first-order valence-corrected chi connectivity index (χ1v) is 8.88. The van der Waals surface area contributed by atoms with Gasteiger partial charge in [0.2, 0.25) is 5.91 Å². The first-order valence-electron chi connectivity index (χ1n) is 8.88. The lowest BCUT2D eigenvalue weighted by Gasteiger charge is -2.23. The van der Waals surface area contributed by atoms with E-state index in [1.165, 1.54) is 12.8 Å². The molecule has 0 unspecified atom stereocenters. The molecule has 6 nitrogen and oxygen atoms in total. The Bertz CT molecular complexity index is 594. The SMILES string of the molecule is CC(C)CC(=O)Nc1ccc(N2CCN(C3CCCC3)C2=O)nc1. The van der Waals surface area contributed by atoms with Gasteiger partial charge in [0.15, 0.2) is 0 Å². The number of hydrogen-bond donors (Lipinski definition) is 1. The molecule has 2 fully saturated rings. The predicted octanol–water partition coefficient (Wildman–Crippen LogP) is 3.25. The standard InChI is InChI=1S/C18H26N4O2/c1-13(2)11-17(23)20-14-7-8-16(19-12-14)22-10-9-21(18(22)24)15-5-3-4-6-15/h7-8,12-13,15H,3-6,9-11H2,1-2H3,(H,20,23). The van der Waals surface area contributed by atoms with Crippen LogP contribution in [0, 0.1) is 5.92 Å². The third-order valence-electron chi connectivity index (χ3n) is 4.71. The minimum absolute atomic E-state index is 0.00999. The maximum atomic E-state index is 12.6. The molecule has 1 N–H and O–H groups in total. The van der Waals surface area contributed by atoms with Gasteiger partial charge in [0.1, 0.15) is 5.82 Å². The van der Waals surface area contributed by atoms with Crippen molar-refractivity contribution in [2.75, 3.05) is 23.3 Å². The summed E-state index contributed by atoms with van der Waals surface area (Å²) in [5.41, 5.74) is 0.670. The van der Waals surface area contributed by atoms with Gasteiger partial charge in [-0.1, -0.05) is 26.7 Å². The number of urea groups is 1. The zero-order valence-corrected chi connectivity index (χ0v) is 14.5. The topological polar surface area (TPSA) is 65.5 Å². The lowest BCUT2D eigenvalue weighted by molar-refractivity contribution is -0.116. The molecule has 0 bridgehead atoms. The number of nitrogens with zero attached hydrogens (tertiary/aromatic N) is 3. The third-order valence-corrected chi connectivity index (χ3v) is 4.71. The largest absolute Gasteiger partial charge is 0.326 e. The molecule has 1 saturated heterocycles. The highest BCUT2D eigenvalue weighted by Gasteiger charge is 2.36. The van der Waals surface area contributed by atoms with Crippen molar-refractivity contribution < 1.29 is 9.59 Å². The fourth-order valence-electron chi connectivity index (χ4n) is 3.52. The quantitative estimate of drug-likeness (QED) is 0.901. The molecule has 130 valence electrons. The molecule has 3 amide bonds. The Morgan fingerprint density at radius 3 is 2.67 bits per heavy atom. The Kier molecular flexibility index (Phi) is 5.02. The highest BCUT2D eigenvalue weighted by Crippen LogP contribution is 2.28. The zero-order valence-electron chi connectivity index (χ0n) is 14.5. The second-order valence-electron chi connectivity index (χ2n) is 7.12. The molecule has 0 radical (unpaired) electrons. The first kappa shape index (κ1) is 16.7. The highest BCUT2D eigenvalue weighted by molar-refractivity contribution is 5.94. The molecular formula is C18H26N4O2. The maximum Gasteiger partial charge on any atom is 0.326 e. The number of anilines is 2. The second kappa shape index (κ2) is 7.20. The van der Waals surface area contributed by atoms with Crippen LogP contribution in [0.3, 0.4) is 0 Å². The van der Waals surface area contributed by atoms with Crippen molar-refractivity contribution in [1.29, 1.82) is 0 Å². The van der Waals surface area contributed by atoms with Gasteiger partial charge in [-0.2, -0.15) is 0 Å². The second-order valence-corrected chi connectivity index (χ2v) is 7.12. The Morgan fingerprint density at radius 2 is 2.04 bits per heavy atom. The van der Waals surface area contributed by atoms with Crippen molar-refractivity contribution in [2.24, 2.45) is 5.92 Å². The van der Waals surface area contributed by atoms with Gasteiger partial charge in [-0.05, 0) is 30.9 Å². The van der Waals surface area contributed by atoms with E-state index in [0.717, 1.165) is 19.4 Å². The molecular weight excluding hydrogens is 304 g/mol. The summed E-state index contributed by atoms with van der Waals surface area (Å²) in [5, 5.41) is 2.84. The number of carbonyl (C=O) groups is 2. The van der Waals surface area contributed by atoms with Crippen LogP contribution in [0.15, 0.2) is 18.3 Å². The van der Waals surface area contributed by atoms with E-state index in [0.29, 0.717) is 36.4 Å². The Balaban J connectivity index is 1.61. The maximum absolute atomic E-state index is 12.6. The van der Waals surface area contributed by atoms with E-state index < -0.39 is 0 Å². The first-order chi connectivity index (χ1) is 11.5. The number of carbonyl (C=O) groups excluding carboxylic acids is 2. The van der Waals surface area contributed by atoms with Crippen LogP contribution in [0.1, 0.15) is 46.0 Å². The summed E-state index contributed by atoms with van der Waals surface area (Å²) < 4.78 is 0. The molecule has 0 aromatic carbocycles. The number of rotatable bonds is 5. The van der Waals surface area contributed by atoms with Gasteiger partial charge in [-0.15, -0.1) is 0 Å². The van der Waals surface area contributed by atoms with Crippen LogP contribution in [-0.2, 0) is 4.79 Å². The van der Waals surface area contributed by atoms with E-state index in [4.69, 9.17) is 0 Å². The van der Waals surface area contributed by atoms with Crippen LogP contribution >= 0.6 is 0 Å².